The van der Waals surface area contributed by atoms with E-state index in [9.17, 15) is 18.4 Å². The molecule has 1 fully saturated rings. The number of hydrogen-bond acceptors (Lipinski definition) is 2. The highest BCUT2D eigenvalue weighted by atomic mass is 35.5. The third kappa shape index (κ3) is 2.40. The van der Waals surface area contributed by atoms with Crippen molar-refractivity contribution >= 4 is 29.2 Å². The van der Waals surface area contributed by atoms with E-state index in [4.69, 9.17) is 16.7 Å². The van der Waals surface area contributed by atoms with E-state index in [0.717, 1.165) is 17.0 Å². The predicted octanol–water partition coefficient (Wildman–Crippen LogP) is 2.25. The molecule has 1 heterocycles. The van der Waals surface area contributed by atoms with E-state index in [1.807, 2.05) is 0 Å². The quantitative estimate of drug-likeness (QED) is 0.868. The van der Waals surface area contributed by atoms with Gasteiger partial charge >= 0.3 is 5.97 Å². The molecule has 0 aliphatic carbocycles. The zero-order valence-corrected chi connectivity index (χ0v) is 10.5. The lowest BCUT2D eigenvalue weighted by Gasteiger charge is -2.19. The monoisotopic (exact) mass is 289 g/mol. The minimum atomic E-state index is -1.42. The molecule has 2 rings (SSSR count). The molecule has 7 heteroatoms. The summed E-state index contributed by atoms with van der Waals surface area (Å²) in [6.45, 7) is 0.0863. The van der Waals surface area contributed by atoms with Crippen LogP contribution >= 0.6 is 11.6 Å². The minimum Gasteiger partial charge on any atom is -0.478 e. The van der Waals surface area contributed by atoms with Crippen molar-refractivity contribution in [1.82, 2.24) is 0 Å². The normalized spacial score (nSPS) is 19.0. The van der Waals surface area contributed by atoms with E-state index in [2.05, 4.69) is 0 Å². The van der Waals surface area contributed by atoms with Gasteiger partial charge < -0.3 is 10.0 Å². The lowest BCUT2D eigenvalue weighted by molar-refractivity contribution is -0.117. The van der Waals surface area contributed by atoms with Gasteiger partial charge in [-0.2, -0.15) is 0 Å². The highest BCUT2D eigenvalue weighted by molar-refractivity contribution is 6.18. The second kappa shape index (κ2) is 5.13. The van der Waals surface area contributed by atoms with Crippen LogP contribution in [0.2, 0.25) is 0 Å². The van der Waals surface area contributed by atoms with Gasteiger partial charge in [0.1, 0.15) is 0 Å². The largest absolute Gasteiger partial charge is 0.478 e. The molecule has 1 aromatic carbocycles. The molecule has 0 radical (unpaired) electrons. The van der Waals surface area contributed by atoms with Crippen LogP contribution in [-0.4, -0.2) is 29.4 Å². The Balaban J connectivity index is 2.52. The molecular formula is C12H10ClF2NO3. The van der Waals surface area contributed by atoms with Crippen LogP contribution in [-0.2, 0) is 4.79 Å². The molecule has 4 nitrogen and oxygen atoms in total. The number of carbonyl (C=O) groups excluding carboxylic acids is 1. The summed E-state index contributed by atoms with van der Waals surface area (Å²) in [5.41, 5.74) is -0.965. The number of alkyl halides is 1. The van der Waals surface area contributed by atoms with Gasteiger partial charge in [0.15, 0.2) is 11.6 Å². The summed E-state index contributed by atoms with van der Waals surface area (Å²) in [5, 5.41) is 9.00. The number of halogens is 3. The number of hydrogen-bond donors (Lipinski definition) is 1. The SMILES string of the molecule is O=C(O)c1ccc(F)c(F)c1N1CC(CCl)CC1=O. The van der Waals surface area contributed by atoms with Crippen LogP contribution in [0.5, 0.6) is 0 Å². The lowest BCUT2D eigenvalue weighted by Crippen LogP contribution is -2.28. The third-order valence-corrected chi connectivity index (χ3v) is 3.43. The summed E-state index contributed by atoms with van der Waals surface area (Å²) in [4.78, 5) is 23.8. The zero-order valence-electron chi connectivity index (χ0n) is 9.70. The molecule has 0 spiro atoms. The highest BCUT2D eigenvalue weighted by Gasteiger charge is 2.35. The number of carbonyl (C=O) groups is 2. The molecule has 0 saturated carbocycles. The summed E-state index contributed by atoms with van der Waals surface area (Å²) in [6, 6.07) is 1.67. The molecule has 1 atom stereocenters. The molecular weight excluding hydrogens is 280 g/mol. The Kier molecular flexibility index (Phi) is 3.71. The van der Waals surface area contributed by atoms with Gasteiger partial charge in [-0.05, 0) is 18.1 Å². The van der Waals surface area contributed by atoms with Crippen LogP contribution in [0.25, 0.3) is 0 Å². The number of aromatic carboxylic acids is 1. The maximum absolute atomic E-state index is 13.8. The van der Waals surface area contributed by atoms with Crippen LogP contribution in [0, 0.1) is 17.6 Å². The molecule has 1 N–H and O–H groups in total. The van der Waals surface area contributed by atoms with Gasteiger partial charge in [-0.15, -0.1) is 11.6 Å². The molecule has 1 unspecified atom stereocenters. The van der Waals surface area contributed by atoms with Crippen LogP contribution in [0.4, 0.5) is 14.5 Å². The Morgan fingerprint density at radius 2 is 2.16 bits per heavy atom. The maximum Gasteiger partial charge on any atom is 0.337 e. The van der Waals surface area contributed by atoms with Gasteiger partial charge in [-0.25, -0.2) is 13.6 Å². The summed E-state index contributed by atoms with van der Waals surface area (Å²) < 4.78 is 27.1. The Morgan fingerprint density at radius 1 is 1.47 bits per heavy atom. The van der Waals surface area contributed by atoms with Crippen molar-refractivity contribution in [3.8, 4) is 0 Å². The summed E-state index contributed by atoms with van der Waals surface area (Å²) in [5.74, 6) is -4.40. The van der Waals surface area contributed by atoms with E-state index < -0.39 is 34.8 Å². The van der Waals surface area contributed by atoms with E-state index >= 15 is 0 Å². The van der Waals surface area contributed by atoms with Crippen molar-refractivity contribution < 1.29 is 23.5 Å². The lowest BCUT2D eigenvalue weighted by atomic mass is 10.1. The van der Waals surface area contributed by atoms with Crippen LogP contribution < -0.4 is 4.90 Å². The van der Waals surface area contributed by atoms with E-state index in [1.54, 1.807) is 0 Å². The first-order chi connectivity index (χ1) is 8.95. The van der Waals surface area contributed by atoms with E-state index in [-0.39, 0.29) is 24.8 Å². The first kappa shape index (κ1) is 13.7. The number of rotatable bonds is 3. The van der Waals surface area contributed by atoms with Crippen molar-refractivity contribution in [2.24, 2.45) is 5.92 Å². The molecule has 0 bridgehead atoms. The van der Waals surface area contributed by atoms with Crippen molar-refractivity contribution in [3.63, 3.8) is 0 Å². The first-order valence-corrected chi connectivity index (χ1v) is 6.06. The molecule has 102 valence electrons. The van der Waals surface area contributed by atoms with Gasteiger partial charge in [-0.1, -0.05) is 0 Å². The van der Waals surface area contributed by atoms with Crippen molar-refractivity contribution in [1.29, 1.82) is 0 Å². The van der Waals surface area contributed by atoms with E-state index in [1.165, 1.54) is 0 Å². The first-order valence-electron chi connectivity index (χ1n) is 5.53. The third-order valence-electron chi connectivity index (χ3n) is 2.99. The summed E-state index contributed by atoms with van der Waals surface area (Å²) in [6.07, 6.45) is 0.0957. The number of anilines is 1. The molecule has 1 amide bonds. The number of benzene rings is 1. The fourth-order valence-corrected chi connectivity index (χ4v) is 2.28. The smallest absolute Gasteiger partial charge is 0.337 e. The zero-order chi connectivity index (χ0) is 14.2. The standard InChI is InChI=1S/C12H10ClF2NO3/c13-4-6-3-9(17)16(5-6)11-7(12(18)19)1-2-8(14)10(11)15/h1-2,6H,3-5H2,(H,18,19). The van der Waals surface area contributed by atoms with Crippen LogP contribution in [0.15, 0.2) is 12.1 Å². The molecule has 19 heavy (non-hydrogen) atoms. The number of amides is 1. The molecule has 1 aromatic rings. The maximum atomic E-state index is 13.8. The van der Waals surface area contributed by atoms with Crippen molar-refractivity contribution in [2.45, 2.75) is 6.42 Å². The van der Waals surface area contributed by atoms with Crippen LogP contribution in [0.1, 0.15) is 16.8 Å². The van der Waals surface area contributed by atoms with Crippen molar-refractivity contribution in [3.05, 3.63) is 29.3 Å². The fourth-order valence-electron chi connectivity index (χ4n) is 2.08. The van der Waals surface area contributed by atoms with Crippen molar-refractivity contribution in [2.75, 3.05) is 17.3 Å². The van der Waals surface area contributed by atoms with Gasteiger partial charge in [-0.3, -0.25) is 4.79 Å². The fraction of sp³-hybridized carbons (Fsp3) is 0.333. The summed E-state index contributed by atoms with van der Waals surface area (Å²) in [7, 11) is 0. The average molecular weight is 290 g/mol. The summed E-state index contributed by atoms with van der Waals surface area (Å²) >= 11 is 5.64. The molecule has 0 aromatic heterocycles. The second-order valence-electron chi connectivity index (χ2n) is 4.29. The van der Waals surface area contributed by atoms with Gasteiger partial charge in [0.05, 0.1) is 11.3 Å². The number of carboxylic acids is 1. The van der Waals surface area contributed by atoms with Crippen LogP contribution in [0.3, 0.4) is 0 Å². The topological polar surface area (TPSA) is 57.6 Å². The van der Waals surface area contributed by atoms with E-state index in [0.29, 0.717) is 0 Å². The second-order valence-corrected chi connectivity index (χ2v) is 4.60. The molecule has 1 saturated heterocycles. The Labute approximate surface area is 112 Å². The van der Waals surface area contributed by atoms with Gasteiger partial charge in [0, 0.05) is 18.8 Å². The minimum absolute atomic E-state index is 0.0863. The Morgan fingerprint density at radius 3 is 2.68 bits per heavy atom. The Hall–Kier alpha value is -1.69. The highest BCUT2D eigenvalue weighted by Crippen LogP contribution is 2.32. The Bertz CT molecular complexity index is 550. The van der Waals surface area contributed by atoms with Gasteiger partial charge in [0.2, 0.25) is 5.91 Å². The molecule has 1 aliphatic rings. The molecule has 1 aliphatic heterocycles. The predicted molar refractivity (Wildman–Crippen MR) is 64.5 cm³/mol. The number of carboxylic acid groups (broad SMARTS) is 1. The average Bonchev–Trinajstić information content (AvgIpc) is 2.73. The van der Waals surface area contributed by atoms with Gasteiger partial charge in [0.25, 0.3) is 0 Å². The number of nitrogens with zero attached hydrogens (tertiary/aromatic N) is 1.